The molecular formula is C28H45F2N5O9P+. The molecule has 1 saturated heterocycles. The number of esters is 2. The van der Waals surface area contributed by atoms with E-state index >= 15 is 8.78 Å². The number of halogens is 2. The van der Waals surface area contributed by atoms with E-state index in [2.05, 4.69) is 15.2 Å². The smallest absolute Gasteiger partial charge is 0.461 e. The average Bonchev–Trinajstić information content (AvgIpc) is 3.17. The Kier molecular flexibility index (Phi) is 11.4. The molecule has 0 spiro atoms. The monoisotopic (exact) mass is 664 g/mol. The van der Waals surface area contributed by atoms with Gasteiger partial charge in [-0.25, -0.2) is 19.0 Å². The fraction of sp³-hybridized carbons (Fsp3) is 0.786. The van der Waals surface area contributed by atoms with Crippen molar-refractivity contribution in [1.29, 1.82) is 0 Å². The summed E-state index contributed by atoms with van der Waals surface area (Å²) in [5.41, 5.74) is 1.73. The molecule has 0 aromatic carbocycles. The number of nitrogen functional groups attached to an aromatic ring is 1. The fourth-order valence-corrected chi connectivity index (χ4v) is 7.62. The van der Waals surface area contributed by atoms with Gasteiger partial charge in [0.15, 0.2) is 11.9 Å². The standard InChI is InChI=1S/C28H44F2N5O9P/c1-17(22(36)42-19-10-6-4-7-11-19)33-45(40,34-18(2)23(37)43-20-12-8-5-9-13-20)41-16-28(30)24(38)27(3,29)25(44-28)35-15-14-21(31)32-26(35)39/h14-15,17-20,24-25,38H,4-13,16H2,1-3H3,(H4,31,32,33,34,39,40)/p+1. The summed E-state index contributed by atoms with van der Waals surface area (Å²) in [6.07, 6.45) is 4.38. The van der Waals surface area contributed by atoms with Crippen molar-refractivity contribution < 1.29 is 51.3 Å². The normalized spacial score (nSPS) is 30.7. The summed E-state index contributed by atoms with van der Waals surface area (Å²) < 4.78 is 68.4. The van der Waals surface area contributed by atoms with E-state index in [9.17, 15) is 24.1 Å². The Morgan fingerprint density at radius 3 is 2.02 bits per heavy atom. The zero-order valence-electron chi connectivity index (χ0n) is 25.8. The first-order valence-corrected chi connectivity index (χ1v) is 17.1. The molecule has 14 nitrogen and oxygen atoms in total. The van der Waals surface area contributed by atoms with Crippen LogP contribution in [0.15, 0.2) is 17.1 Å². The lowest BCUT2D eigenvalue weighted by atomic mass is 9.97. The third-order valence-corrected chi connectivity index (χ3v) is 10.4. The van der Waals surface area contributed by atoms with Crippen LogP contribution in [-0.4, -0.2) is 70.6 Å². The van der Waals surface area contributed by atoms with Crippen molar-refractivity contribution in [2.24, 2.45) is 0 Å². The van der Waals surface area contributed by atoms with Crippen LogP contribution in [0, 0.1) is 0 Å². The van der Waals surface area contributed by atoms with Gasteiger partial charge in [-0.1, -0.05) is 12.8 Å². The van der Waals surface area contributed by atoms with Gasteiger partial charge in [0.1, 0.15) is 37.1 Å². The molecule has 1 aliphatic heterocycles. The second-order valence-electron chi connectivity index (χ2n) is 12.3. The minimum Gasteiger partial charge on any atom is -0.461 e. The number of nitrogens with one attached hydrogen (secondary N) is 3. The van der Waals surface area contributed by atoms with Crippen molar-refractivity contribution in [3.8, 4) is 0 Å². The maximum Gasteiger partial charge on any atom is 0.499 e. The summed E-state index contributed by atoms with van der Waals surface area (Å²) >= 11 is 0. The maximum absolute atomic E-state index is 16.1. The highest BCUT2D eigenvalue weighted by Crippen LogP contribution is 2.48. The van der Waals surface area contributed by atoms with Crippen LogP contribution < -0.4 is 26.2 Å². The van der Waals surface area contributed by atoms with Crippen LogP contribution in [0.2, 0.25) is 0 Å². The molecule has 0 radical (unpaired) electrons. The lowest BCUT2D eigenvalue weighted by Gasteiger charge is -2.31. The van der Waals surface area contributed by atoms with Crippen molar-refractivity contribution in [2.45, 2.75) is 133 Å². The van der Waals surface area contributed by atoms with E-state index in [4.69, 9.17) is 24.5 Å². The van der Waals surface area contributed by atoms with Gasteiger partial charge in [0, 0.05) is 6.07 Å². The number of H-pyrrole nitrogens is 1. The molecule has 254 valence electrons. The van der Waals surface area contributed by atoms with Crippen LogP contribution >= 0.6 is 7.67 Å². The average molecular weight is 665 g/mol. The number of ether oxygens (including phenoxy) is 3. The maximum atomic E-state index is 16.1. The molecule has 2 saturated carbocycles. The Morgan fingerprint density at radius 2 is 1.56 bits per heavy atom. The molecule has 1 aromatic rings. The largest absolute Gasteiger partial charge is 0.499 e. The van der Waals surface area contributed by atoms with Gasteiger partial charge in [-0.2, -0.15) is 14.3 Å². The molecule has 3 aliphatic rings. The van der Waals surface area contributed by atoms with E-state index in [1.807, 2.05) is 0 Å². The highest BCUT2D eigenvalue weighted by Gasteiger charge is 2.67. The second kappa shape index (κ2) is 14.5. The fourth-order valence-electron chi connectivity index (χ4n) is 5.81. The Labute approximate surface area is 260 Å². The van der Waals surface area contributed by atoms with Crippen molar-refractivity contribution in [3.63, 3.8) is 0 Å². The van der Waals surface area contributed by atoms with Gasteiger partial charge in [-0.15, -0.1) is 0 Å². The van der Waals surface area contributed by atoms with Gasteiger partial charge in [0.2, 0.25) is 11.9 Å². The number of aliphatic hydroxyl groups excluding tert-OH is 1. The van der Waals surface area contributed by atoms with E-state index in [0.29, 0.717) is 30.3 Å². The number of nitrogens with two attached hydrogens (primary N) is 1. The third-order valence-electron chi connectivity index (χ3n) is 8.43. The minimum absolute atomic E-state index is 0.0458. The van der Waals surface area contributed by atoms with Crippen molar-refractivity contribution in [3.05, 3.63) is 22.7 Å². The summed E-state index contributed by atoms with van der Waals surface area (Å²) in [7, 11) is -4.56. The molecule has 6 N–H and O–H groups in total. The molecule has 2 aliphatic carbocycles. The van der Waals surface area contributed by atoms with Gasteiger partial charge >= 0.3 is 25.3 Å². The summed E-state index contributed by atoms with van der Waals surface area (Å²) in [6, 6.07) is -1.29. The van der Waals surface area contributed by atoms with Gasteiger partial charge in [0.25, 0.3) is 5.85 Å². The molecule has 17 heteroatoms. The Bertz CT molecular complexity index is 1260. The number of hydrogen-bond donors (Lipinski definition) is 5. The number of aliphatic hydroxyl groups is 1. The lowest BCUT2D eigenvalue weighted by molar-refractivity contribution is -0.786. The molecule has 6 unspecified atom stereocenters. The number of alkyl halides is 2. The van der Waals surface area contributed by atoms with Crippen LogP contribution in [0.3, 0.4) is 0 Å². The van der Waals surface area contributed by atoms with Crippen LogP contribution in [0.5, 0.6) is 0 Å². The summed E-state index contributed by atoms with van der Waals surface area (Å²) in [5, 5.41) is 15.6. The van der Waals surface area contributed by atoms with E-state index < -0.39 is 67.8 Å². The zero-order valence-corrected chi connectivity index (χ0v) is 26.7. The summed E-state index contributed by atoms with van der Waals surface area (Å²) in [5.74, 6) is -4.86. The predicted octanol–water partition coefficient (Wildman–Crippen LogP) is 2.36. The van der Waals surface area contributed by atoms with Gasteiger partial charge in [0.05, 0.1) is 0 Å². The molecule has 1 aromatic heterocycles. The highest BCUT2D eigenvalue weighted by atomic mass is 31.2. The number of anilines is 1. The number of aromatic amines is 1. The second-order valence-corrected chi connectivity index (χ2v) is 14.2. The third kappa shape index (κ3) is 8.66. The van der Waals surface area contributed by atoms with Crippen LogP contribution in [-0.2, 0) is 32.9 Å². The first-order valence-electron chi connectivity index (χ1n) is 15.5. The highest BCUT2D eigenvalue weighted by molar-refractivity contribution is 7.54. The van der Waals surface area contributed by atoms with Gasteiger partial charge < -0.3 is 20.3 Å². The number of aromatic nitrogens is 2. The molecule has 2 heterocycles. The Balaban J connectivity index is 1.50. The van der Waals surface area contributed by atoms with Crippen molar-refractivity contribution in [2.75, 3.05) is 12.3 Å². The van der Waals surface area contributed by atoms with Gasteiger partial charge in [-0.3, -0.25) is 23.4 Å². The molecule has 3 fully saturated rings. The number of nitrogens with zero attached hydrogens (tertiary/aromatic N) is 1. The van der Waals surface area contributed by atoms with Crippen LogP contribution in [0.1, 0.15) is 91.2 Å². The molecule has 45 heavy (non-hydrogen) atoms. The number of hydrogen-bond acceptors (Lipinski definition) is 10. The number of carbonyl (C=O) groups is 2. The molecule has 0 amide bonds. The molecule has 0 bridgehead atoms. The topological polar surface area (TPSA) is 195 Å². The number of carbonyl (C=O) groups excluding carboxylic acids is 2. The summed E-state index contributed by atoms with van der Waals surface area (Å²) in [6.45, 7) is 2.22. The molecular weight excluding hydrogens is 619 g/mol. The molecule has 4 rings (SSSR count). The predicted molar refractivity (Wildman–Crippen MR) is 156 cm³/mol. The first kappa shape index (κ1) is 35.4. The summed E-state index contributed by atoms with van der Waals surface area (Å²) in [4.78, 5) is 40.4. The quantitative estimate of drug-likeness (QED) is 0.125. The SMILES string of the molecule is CC(NP(=O)(NC(C)C(=O)OC1CCCCC1)OCC1(F)OC([n+]2ccc(N)[nH]c2=O)C(C)(F)C1O)C(=O)OC1CCCCC1. The van der Waals surface area contributed by atoms with E-state index in [1.165, 1.54) is 19.9 Å². The van der Waals surface area contributed by atoms with Crippen molar-refractivity contribution in [1.82, 2.24) is 15.2 Å². The first-order chi connectivity index (χ1) is 21.1. The minimum atomic E-state index is -4.56. The zero-order chi connectivity index (χ0) is 33.0. The Morgan fingerprint density at radius 1 is 1.07 bits per heavy atom. The van der Waals surface area contributed by atoms with Gasteiger partial charge in [-0.05, 0) is 72.1 Å². The van der Waals surface area contributed by atoms with E-state index in [0.717, 1.165) is 51.6 Å². The van der Waals surface area contributed by atoms with Crippen molar-refractivity contribution >= 4 is 25.4 Å². The Hall–Kier alpha value is -2.49. The van der Waals surface area contributed by atoms with Crippen LogP contribution in [0.4, 0.5) is 14.6 Å². The van der Waals surface area contributed by atoms with E-state index in [1.54, 1.807) is 0 Å². The van der Waals surface area contributed by atoms with Crippen LogP contribution in [0.25, 0.3) is 0 Å². The molecule has 6 atom stereocenters. The number of rotatable bonds is 12. The van der Waals surface area contributed by atoms with E-state index in [-0.39, 0.29) is 18.0 Å². The lowest BCUT2D eigenvalue weighted by Crippen LogP contribution is -2.60.